The number of imidazole rings is 1. The minimum atomic E-state index is 0.150. The molecule has 0 aliphatic heterocycles. The zero-order valence-corrected chi connectivity index (χ0v) is 7.16. The minimum Gasteiger partial charge on any atom is -0.372 e. The fourth-order valence-corrected chi connectivity index (χ4v) is 0.836. The number of nitrogens with one attached hydrogen (secondary N) is 1. The van der Waals surface area contributed by atoms with E-state index in [1.54, 1.807) is 0 Å². The van der Waals surface area contributed by atoms with E-state index in [0.717, 1.165) is 0 Å². The van der Waals surface area contributed by atoms with Gasteiger partial charge >= 0.3 is 0 Å². The summed E-state index contributed by atoms with van der Waals surface area (Å²) in [4.78, 5) is 14.0. The van der Waals surface area contributed by atoms with Crippen LogP contribution in [0.4, 0.5) is 0 Å². The number of aromatic amines is 1. The first-order valence-electron chi connectivity index (χ1n) is 3.62. The zero-order chi connectivity index (χ0) is 10.2. The summed E-state index contributed by atoms with van der Waals surface area (Å²) in [5, 5.41) is 9.40. The largest absolute Gasteiger partial charge is 0.372 e. The summed E-state index contributed by atoms with van der Waals surface area (Å²) in [6.07, 6.45) is 1.47. The Labute approximate surface area is 78.5 Å². The third-order valence-electron chi connectivity index (χ3n) is 1.41. The van der Waals surface area contributed by atoms with Gasteiger partial charge < -0.3 is 15.7 Å². The molecular weight excluding hydrogens is 188 g/mol. The lowest BCUT2D eigenvalue weighted by atomic mass is 10.3. The number of rotatable bonds is 5. The van der Waals surface area contributed by atoms with Crippen LogP contribution in [-0.2, 0) is 18.0 Å². The molecule has 0 aliphatic carbocycles. The standard InChI is InChI=1S/C5H8N8O/c6-11-10-1-4-5(9-3-8-4)2-14-13-12-7/h3H,1-2H2,(H2,7,13)(H,8,9). The highest BCUT2D eigenvalue weighted by molar-refractivity contribution is 5.09. The molecule has 0 aromatic carbocycles. The van der Waals surface area contributed by atoms with E-state index < -0.39 is 0 Å². The molecule has 0 aliphatic rings. The van der Waals surface area contributed by atoms with E-state index in [2.05, 4.69) is 35.3 Å². The third kappa shape index (κ3) is 2.64. The van der Waals surface area contributed by atoms with Gasteiger partial charge in [-0.2, -0.15) is 0 Å². The van der Waals surface area contributed by atoms with Crippen molar-refractivity contribution in [2.75, 3.05) is 0 Å². The van der Waals surface area contributed by atoms with Crippen molar-refractivity contribution in [1.29, 1.82) is 0 Å². The van der Waals surface area contributed by atoms with Gasteiger partial charge in [-0.15, -0.1) is 0 Å². The lowest BCUT2D eigenvalue weighted by Crippen LogP contribution is -1.93. The number of aromatic nitrogens is 2. The number of hydrogen-bond donors (Lipinski definition) is 2. The molecule has 0 saturated carbocycles. The van der Waals surface area contributed by atoms with Crippen molar-refractivity contribution in [3.05, 3.63) is 28.2 Å². The average Bonchev–Trinajstić information content (AvgIpc) is 2.63. The van der Waals surface area contributed by atoms with E-state index in [1.807, 2.05) is 0 Å². The lowest BCUT2D eigenvalue weighted by Gasteiger charge is -1.96. The van der Waals surface area contributed by atoms with Crippen LogP contribution in [0.5, 0.6) is 0 Å². The number of nitrogens with zero attached hydrogens (tertiary/aromatic N) is 6. The Morgan fingerprint density at radius 2 is 2.57 bits per heavy atom. The Morgan fingerprint density at radius 1 is 1.71 bits per heavy atom. The van der Waals surface area contributed by atoms with Crippen molar-refractivity contribution in [3.63, 3.8) is 0 Å². The summed E-state index contributed by atoms with van der Waals surface area (Å²) in [5.74, 6) is 4.73. The van der Waals surface area contributed by atoms with Crippen molar-refractivity contribution in [2.24, 2.45) is 21.5 Å². The van der Waals surface area contributed by atoms with Crippen molar-refractivity contribution in [1.82, 2.24) is 9.97 Å². The van der Waals surface area contributed by atoms with Gasteiger partial charge in [0.2, 0.25) is 0 Å². The summed E-state index contributed by atoms with van der Waals surface area (Å²) >= 11 is 0. The monoisotopic (exact) mass is 196 g/mol. The van der Waals surface area contributed by atoms with Crippen LogP contribution in [0.1, 0.15) is 11.4 Å². The molecule has 9 heteroatoms. The Kier molecular flexibility index (Phi) is 3.77. The Hall–Kier alpha value is -2.28. The van der Waals surface area contributed by atoms with Crippen LogP contribution < -0.4 is 5.84 Å². The van der Waals surface area contributed by atoms with Crippen molar-refractivity contribution in [3.8, 4) is 0 Å². The highest BCUT2D eigenvalue weighted by Gasteiger charge is 2.04. The van der Waals surface area contributed by atoms with E-state index in [0.29, 0.717) is 11.4 Å². The molecule has 14 heavy (non-hydrogen) atoms. The molecule has 9 nitrogen and oxygen atoms in total. The fourth-order valence-electron chi connectivity index (χ4n) is 0.836. The molecule has 0 spiro atoms. The second-order valence-corrected chi connectivity index (χ2v) is 2.19. The zero-order valence-electron chi connectivity index (χ0n) is 7.16. The van der Waals surface area contributed by atoms with Crippen LogP contribution in [0.2, 0.25) is 0 Å². The summed E-state index contributed by atoms with van der Waals surface area (Å²) in [7, 11) is 0. The van der Waals surface area contributed by atoms with E-state index in [9.17, 15) is 0 Å². The van der Waals surface area contributed by atoms with Gasteiger partial charge in [-0.05, 0) is 10.8 Å². The maximum atomic E-state index is 8.11. The third-order valence-corrected chi connectivity index (χ3v) is 1.41. The van der Waals surface area contributed by atoms with Crippen molar-refractivity contribution < 1.29 is 4.84 Å². The normalized spacial score (nSPS) is 10.0. The number of hydrogen-bond acceptors (Lipinski definition) is 5. The lowest BCUT2D eigenvalue weighted by molar-refractivity contribution is 0.105. The molecule has 0 atom stereocenters. The van der Waals surface area contributed by atoms with E-state index in [1.165, 1.54) is 6.33 Å². The highest BCUT2D eigenvalue weighted by Crippen LogP contribution is 2.06. The van der Waals surface area contributed by atoms with Crippen molar-refractivity contribution >= 4 is 0 Å². The maximum absolute atomic E-state index is 8.11. The SMILES string of the molecule is [N-]=[N+]=NCc1nc[nH]c1CON=NN. The quantitative estimate of drug-likeness (QED) is 0.238. The molecule has 0 saturated heterocycles. The van der Waals surface area contributed by atoms with Gasteiger partial charge in [0.1, 0.15) is 0 Å². The second-order valence-electron chi connectivity index (χ2n) is 2.19. The summed E-state index contributed by atoms with van der Waals surface area (Å²) < 4.78 is 0. The first-order valence-corrected chi connectivity index (χ1v) is 3.62. The molecule has 0 radical (unpaired) electrons. The van der Waals surface area contributed by atoms with Gasteiger partial charge in [0.05, 0.1) is 24.3 Å². The molecule has 1 aromatic heterocycles. The van der Waals surface area contributed by atoms with Crippen LogP contribution >= 0.6 is 0 Å². The molecule has 3 N–H and O–H groups in total. The van der Waals surface area contributed by atoms with Crippen LogP contribution in [0, 0.1) is 0 Å². The predicted molar refractivity (Wildman–Crippen MR) is 45.3 cm³/mol. The molecule has 1 rings (SSSR count). The van der Waals surface area contributed by atoms with Gasteiger partial charge in [-0.25, -0.2) is 4.98 Å². The number of nitrogens with two attached hydrogens (primary N) is 1. The first kappa shape index (κ1) is 9.81. The first-order chi connectivity index (χ1) is 6.88. The fraction of sp³-hybridized carbons (Fsp3) is 0.400. The summed E-state index contributed by atoms with van der Waals surface area (Å²) in [6, 6.07) is 0. The van der Waals surface area contributed by atoms with E-state index in [4.69, 9.17) is 11.4 Å². The Morgan fingerprint density at radius 3 is 3.29 bits per heavy atom. The van der Waals surface area contributed by atoms with Crippen LogP contribution in [-0.4, -0.2) is 9.97 Å². The number of H-pyrrole nitrogens is 1. The molecule has 0 unspecified atom stereocenters. The smallest absolute Gasteiger partial charge is 0.160 e. The second kappa shape index (κ2) is 5.38. The Balaban J connectivity index is 2.57. The number of azide groups is 1. The van der Waals surface area contributed by atoms with E-state index in [-0.39, 0.29) is 13.2 Å². The van der Waals surface area contributed by atoms with Crippen LogP contribution in [0.15, 0.2) is 21.9 Å². The van der Waals surface area contributed by atoms with E-state index >= 15 is 0 Å². The summed E-state index contributed by atoms with van der Waals surface area (Å²) in [6.45, 7) is 0.315. The highest BCUT2D eigenvalue weighted by atomic mass is 16.6. The van der Waals surface area contributed by atoms with Crippen LogP contribution in [0.25, 0.3) is 10.4 Å². The minimum absolute atomic E-state index is 0.150. The molecule has 0 bridgehead atoms. The molecule has 1 heterocycles. The van der Waals surface area contributed by atoms with Gasteiger partial charge in [0.25, 0.3) is 0 Å². The molecule has 1 aromatic rings. The molecule has 0 fully saturated rings. The van der Waals surface area contributed by atoms with Crippen molar-refractivity contribution in [2.45, 2.75) is 13.2 Å². The van der Waals surface area contributed by atoms with Gasteiger partial charge in [0, 0.05) is 10.2 Å². The Bertz CT molecular complexity index is 350. The topological polar surface area (TPSA) is 137 Å². The maximum Gasteiger partial charge on any atom is 0.160 e. The molecular formula is C5H8N8O. The van der Waals surface area contributed by atoms with Gasteiger partial charge in [-0.3, -0.25) is 0 Å². The average molecular weight is 196 g/mol. The molecule has 0 amide bonds. The van der Waals surface area contributed by atoms with Gasteiger partial charge in [0.15, 0.2) is 6.61 Å². The van der Waals surface area contributed by atoms with Crippen LogP contribution in [0.3, 0.4) is 0 Å². The summed E-state index contributed by atoms with van der Waals surface area (Å²) in [5.41, 5.74) is 9.39. The predicted octanol–water partition coefficient (Wildman–Crippen LogP) is 0.978. The van der Waals surface area contributed by atoms with Gasteiger partial charge in [-0.1, -0.05) is 5.11 Å². The molecule has 74 valence electrons.